The van der Waals surface area contributed by atoms with Crippen molar-refractivity contribution in [2.24, 2.45) is 0 Å². The zero-order valence-electron chi connectivity index (χ0n) is 15.4. The number of anilines is 2. The number of benzene rings is 3. The van der Waals surface area contributed by atoms with Crippen LogP contribution in [0.4, 0.5) is 15.2 Å². The van der Waals surface area contributed by atoms with Gasteiger partial charge in [-0.05, 0) is 35.0 Å². The number of rotatable bonds is 4. The van der Waals surface area contributed by atoms with Crippen LogP contribution in [0.5, 0.6) is 0 Å². The Hall–Kier alpha value is -3.58. The van der Waals surface area contributed by atoms with Gasteiger partial charge >= 0.3 is 0 Å². The molecule has 3 aromatic carbocycles. The molecule has 1 heterocycles. The highest BCUT2D eigenvalue weighted by molar-refractivity contribution is 7.14. The second-order valence-corrected chi connectivity index (χ2v) is 7.25. The van der Waals surface area contributed by atoms with Gasteiger partial charge in [0.05, 0.1) is 5.69 Å². The number of carbonyl (C=O) groups is 2. The monoisotopic (exact) mass is 405 g/mol. The first kappa shape index (κ1) is 18.8. The van der Waals surface area contributed by atoms with Crippen molar-refractivity contribution in [3.8, 4) is 11.3 Å². The number of thiazole rings is 1. The van der Waals surface area contributed by atoms with Gasteiger partial charge in [0.2, 0.25) is 5.91 Å². The van der Waals surface area contributed by atoms with Crippen molar-refractivity contribution in [3.63, 3.8) is 0 Å². The Morgan fingerprint density at radius 3 is 2.59 bits per heavy atom. The number of hydrogen-bond donors (Lipinski definition) is 2. The van der Waals surface area contributed by atoms with Crippen molar-refractivity contribution < 1.29 is 14.0 Å². The molecule has 4 rings (SSSR count). The van der Waals surface area contributed by atoms with Crippen molar-refractivity contribution in [1.82, 2.24) is 4.98 Å². The lowest BCUT2D eigenvalue weighted by atomic mass is 10.0. The average Bonchev–Trinajstić information content (AvgIpc) is 3.15. The molecule has 0 bridgehead atoms. The predicted molar refractivity (Wildman–Crippen MR) is 114 cm³/mol. The summed E-state index contributed by atoms with van der Waals surface area (Å²) in [4.78, 5) is 28.2. The van der Waals surface area contributed by atoms with Crippen LogP contribution in [-0.2, 0) is 4.79 Å². The summed E-state index contributed by atoms with van der Waals surface area (Å²) in [7, 11) is 0. The standard InChI is InChI=1S/C22H16FN3O2S/c1-13(27)24-15-9-10-18(19(23)11-15)20-12-29-22(25-20)26-21(28)17-8-4-6-14-5-2-3-7-16(14)17/h2-12H,1H3,(H,24,27)(H,25,26,28). The minimum absolute atomic E-state index is 0.274. The third-order valence-corrected chi connectivity index (χ3v) is 5.08. The topological polar surface area (TPSA) is 71.1 Å². The van der Waals surface area contributed by atoms with E-state index in [2.05, 4.69) is 15.6 Å². The number of fused-ring (bicyclic) bond motifs is 1. The molecule has 0 radical (unpaired) electrons. The van der Waals surface area contributed by atoms with Gasteiger partial charge in [0, 0.05) is 29.1 Å². The van der Waals surface area contributed by atoms with E-state index in [4.69, 9.17) is 0 Å². The molecular formula is C22H16FN3O2S. The quantitative estimate of drug-likeness (QED) is 0.483. The van der Waals surface area contributed by atoms with Gasteiger partial charge in [-0.2, -0.15) is 0 Å². The Morgan fingerprint density at radius 2 is 1.79 bits per heavy atom. The number of nitrogens with zero attached hydrogens (tertiary/aromatic N) is 1. The highest BCUT2D eigenvalue weighted by Crippen LogP contribution is 2.29. The van der Waals surface area contributed by atoms with E-state index in [0.717, 1.165) is 10.8 Å². The Morgan fingerprint density at radius 1 is 1.00 bits per heavy atom. The molecule has 29 heavy (non-hydrogen) atoms. The molecule has 0 unspecified atom stereocenters. The highest BCUT2D eigenvalue weighted by Gasteiger charge is 2.14. The molecule has 0 aliphatic heterocycles. The van der Waals surface area contributed by atoms with Gasteiger partial charge < -0.3 is 5.32 Å². The lowest BCUT2D eigenvalue weighted by molar-refractivity contribution is -0.114. The highest BCUT2D eigenvalue weighted by atomic mass is 32.1. The SMILES string of the molecule is CC(=O)Nc1ccc(-c2csc(NC(=O)c3cccc4ccccc34)n2)c(F)c1. The van der Waals surface area contributed by atoms with Crippen molar-refractivity contribution in [2.45, 2.75) is 6.92 Å². The summed E-state index contributed by atoms with van der Waals surface area (Å²) >= 11 is 1.22. The third kappa shape index (κ3) is 4.00. The van der Waals surface area contributed by atoms with Gasteiger partial charge in [-0.25, -0.2) is 9.37 Å². The van der Waals surface area contributed by atoms with E-state index in [1.165, 1.54) is 24.3 Å². The Balaban J connectivity index is 1.57. The van der Waals surface area contributed by atoms with Gasteiger partial charge in [0.1, 0.15) is 5.82 Å². The van der Waals surface area contributed by atoms with E-state index < -0.39 is 5.82 Å². The first-order valence-corrected chi connectivity index (χ1v) is 9.71. The molecule has 7 heteroatoms. The lowest BCUT2D eigenvalue weighted by Crippen LogP contribution is -2.12. The second-order valence-electron chi connectivity index (χ2n) is 6.39. The van der Waals surface area contributed by atoms with E-state index >= 15 is 0 Å². The molecule has 0 spiro atoms. The van der Waals surface area contributed by atoms with Crippen molar-refractivity contribution in [3.05, 3.63) is 77.4 Å². The summed E-state index contributed by atoms with van der Waals surface area (Å²) < 4.78 is 14.4. The number of nitrogens with one attached hydrogen (secondary N) is 2. The zero-order valence-corrected chi connectivity index (χ0v) is 16.2. The van der Waals surface area contributed by atoms with E-state index in [9.17, 15) is 14.0 Å². The van der Waals surface area contributed by atoms with Crippen LogP contribution in [0.3, 0.4) is 0 Å². The summed E-state index contributed by atoms with van der Waals surface area (Å²) in [5.74, 6) is -1.05. The van der Waals surface area contributed by atoms with Crippen LogP contribution < -0.4 is 10.6 Å². The predicted octanol–water partition coefficient (Wildman–Crippen LogP) is 5.31. The van der Waals surface area contributed by atoms with Gasteiger partial charge in [0.15, 0.2) is 5.13 Å². The molecule has 0 saturated heterocycles. The molecule has 4 aromatic rings. The first-order valence-electron chi connectivity index (χ1n) is 8.83. The minimum Gasteiger partial charge on any atom is -0.326 e. The maximum absolute atomic E-state index is 14.4. The molecule has 0 aliphatic carbocycles. The van der Waals surface area contributed by atoms with Gasteiger partial charge in [0.25, 0.3) is 5.91 Å². The first-order chi connectivity index (χ1) is 14.0. The van der Waals surface area contributed by atoms with Crippen LogP contribution in [0.1, 0.15) is 17.3 Å². The van der Waals surface area contributed by atoms with Crippen LogP contribution in [0.15, 0.2) is 66.0 Å². The van der Waals surface area contributed by atoms with Gasteiger partial charge in [-0.15, -0.1) is 11.3 Å². The van der Waals surface area contributed by atoms with Crippen LogP contribution in [-0.4, -0.2) is 16.8 Å². The molecule has 0 fully saturated rings. The fourth-order valence-electron chi connectivity index (χ4n) is 3.05. The molecule has 2 N–H and O–H groups in total. The average molecular weight is 405 g/mol. The van der Waals surface area contributed by atoms with Crippen LogP contribution in [0, 0.1) is 5.82 Å². The molecule has 0 saturated carbocycles. The van der Waals surface area contributed by atoms with Crippen molar-refractivity contribution in [2.75, 3.05) is 10.6 Å². The molecule has 0 aliphatic rings. The zero-order chi connectivity index (χ0) is 20.4. The molecule has 5 nitrogen and oxygen atoms in total. The summed E-state index contributed by atoms with van der Waals surface area (Å²) in [5, 5.41) is 9.20. The van der Waals surface area contributed by atoms with E-state index in [0.29, 0.717) is 27.6 Å². The molecule has 2 amide bonds. The normalized spacial score (nSPS) is 10.7. The summed E-state index contributed by atoms with van der Waals surface area (Å²) in [6.45, 7) is 1.36. The van der Waals surface area contributed by atoms with Crippen LogP contribution in [0.2, 0.25) is 0 Å². The fraction of sp³-hybridized carbons (Fsp3) is 0.0455. The van der Waals surface area contributed by atoms with E-state index in [1.807, 2.05) is 36.4 Å². The minimum atomic E-state index is -0.506. The summed E-state index contributed by atoms with van der Waals surface area (Å²) in [6, 6.07) is 17.6. The van der Waals surface area contributed by atoms with Crippen molar-refractivity contribution >= 4 is 44.7 Å². The Bertz CT molecular complexity index is 1230. The van der Waals surface area contributed by atoms with Crippen LogP contribution >= 0.6 is 11.3 Å². The van der Waals surface area contributed by atoms with Crippen LogP contribution in [0.25, 0.3) is 22.0 Å². The summed E-state index contributed by atoms with van der Waals surface area (Å²) in [6.07, 6.45) is 0. The number of halogens is 1. The Kier molecular flexibility index (Phi) is 5.05. The Labute approximate surface area is 170 Å². The second kappa shape index (κ2) is 7.81. The maximum Gasteiger partial charge on any atom is 0.258 e. The van der Waals surface area contributed by atoms with Gasteiger partial charge in [-0.1, -0.05) is 36.4 Å². The lowest BCUT2D eigenvalue weighted by Gasteiger charge is -2.06. The summed E-state index contributed by atoms with van der Waals surface area (Å²) in [5.41, 5.74) is 1.63. The largest absolute Gasteiger partial charge is 0.326 e. The van der Waals surface area contributed by atoms with E-state index in [1.54, 1.807) is 23.6 Å². The number of aromatic nitrogens is 1. The molecule has 144 valence electrons. The third-order valence-electron chi connectivity index (χ3n) is 4.32. The molecular weight excluding hydrogens is 389 g/mol. The number of hydrogen-bond acceptors (Lipinski definition) is 4. The number of carbonyl (C=O) groups excluding carboxylic acids is 2. The molecule has 1 aromatic heterocycles. The van der Waals surface area contributed by atoms with Gasteiger partial charge in [-0.3, -0.25) is 14.9 Å². The van der Waals surface area contributed by atoms with Crippen molar-refractivity contribution in [1.29, 1.82) is 0 Å². The number of amides is 2. The fourth-order valence-corrected chi connectivity index (χ4v) is 3.75. The smallest absolute Gasteiger partial charge is 0.258 e. The molecule has 0 atom stereocenters. The van der Waals surface area contributed by atoms with E-state index in [-0.39, 0.29) is 11.8 Å². The maximum atomic E-state index is 14.4.